The van der Waals surface area contributed by atoms with Crippen LogP contribution in [0.2, 0.25) is 0 Å². The summed E-state index contributed by atoms with van der Waals surface area (Å²) < 4.78 is 15.9. The number of nitrogens with zero attached hydrogens (tertiary/aromatic N) is 6. The fourth-order valence-corrected chi connectivity index (χ4v) is 3.50. The van der Waals surface area contributed by atoms with E-state index >= 15 is 0 Å². The van der Waals surface area contributed by atoms with Gasteiger partial charge in [-0.1, -0.05) is 0 Å². The number of hydrogen-bond acceptors (Lipinski definition) is 8. The third kappa shape index (κ3) is 5.69. The zero-order valence-electron chi connectivity index (χ0n) is 20.1. The third-order valence-corrected chi connectivity index (χ3v) is 5.61. The van der Waals surface area contributed by atoms with Crippen LogP contribution < -0.4 is 10.6 Å². The van der Waals surface area contributed by atoms with Gasteiger partial charge in [0.25, 0.3) is 5.91 Å². The van der Waals surface area contributed by atoms with Crippen molar-refractivity contribution in [2.75, 3.05) is 11.9 Å². The van der Waals surface area contributed by atoms with E-state index in [9.17, 15) is 14.3 Å². The molecule has 0 aliphatic carbocycles. The Labute approximate surface area is 212 Å². The van der Waals surface area contributed by atoms with Crippen molar-refractivity contribution < 1.29 is 14.3 Å². The highest BCUT2D eigenvalue weighted by Crippen LogP contribution is 2.27. The standard InChI is InChI=1S/C26H23FN8O2/c1-26(2,37)24(27)15-32-25(36)20-14-31-22(23-6-5-19-9-16(11-29)12-33-35(19)23)10-21(20)34-18-4-3-17(7-8-28)30-13-18/h3-6,9-10,12-14,24,37H,7,15H2,1-2H3,(H,31,34)(H,32,36)/t24-/m1/s1. The smallest absolute Gasteiger partial charge is 0.255 e. The summed E-state index contributed by atoms with van der Waals surface area (Å²) in [5.41, 5.74) is 2.31. The fourth-order valence-electron chi connectivity index (χ4n) is 3.50. The molecule has 4 heterocycles. The number of amides is 1. The molecule has 4 aromatic rings. The molecule has 0 fully saturated rings. The van der Waals surface area contributed by atoms with Crippen molar-refractivity contribution in [1.82, 2.24) is 24.9 Å². The van der Waals surface area contributed by atoms with E-state index in [2.05, 4.69) is 31.8 Å². The quantitative estimate of drug-likeness (QED) is 0.335. The summed E-state index contributed by atoms with van der Waals surface area (Å²) in [6, 6.07) is 14.5. The number of rotatable bonds is 8. The molecule has 0 bridgehead atoms. The van der Waals surface area contributed by atoms with Crippen LogP contribution in [0.4, 0.5) is 15.8 Å². The average molecular weight is 499 g/mol. The molecule has 186 valence electrons. The molecule has 0 aliphatic rings. The normalized spacial score (nSPS) is 11.9. The number of fused-ring (bicyclic) bond motifs is 1. The van der Waals surface area contributed by atoms with Gasteiger partial charge in [0.2, 0.25) is 0 Å². The first-order valence-electron chi connectivity index (χ1n) is 11.3. The summed E-state index contributed by atoms with van der Waals surface area (Å²) >= 11 is 0. The summed E-state index contributed by atoms with van der Waals surface area (Å²) in [7, 11) is 0. The molecular formula is C26H23FN8O2. The van der Waals surface area contributed by atoms with Crippen molar-refractivity contribution in [3.8, 4) is 23.5 Å². The first-order chi connectivity index (χ1) is 17.7. The Balaban J connectivity index is 1.70. The maximum Gasteiger partial charge on any atom is 0.255 e. The number of alkyl halides is 1. The minimum Gasteiger partial charge on any atom is -0.387 e. The highest BCUT2D eigenvalue weighted by Gasteiger charge is 2.27. The monoisotopic (exact) mass is 498 g/mol. The zero-order chi connectivity index (χ0) is 26.6. The van der Waals surface area contributed by atoms with Crippen LogP contribution in [-0.4, -0.2) is 48.9 Å². The molecule has 10 nitrogen and oxygen atoms in total. The lowest BCUT2D eigenvalue weighted by molar-refractivity contribution is -0.00177. The second-order valence-corrected chi connectivity index (χ2v) is 8.86. The van der Waals surface area contributed by atoms with Gasteiger partial charge < -0.3 is 15.7 Å². The minimum atomic E-state index is -1.67. The van der Waals surface area contributed by atoms with E-state index in [1.165, 1.54) is 32.4 Å². The van der Waals surface area contributed by atoms with E-state index in [1.807, 2.05) is 6.07 Å². The second kappa shape index (κ2) is 10.4. The predicted octanol–water partition coefficient (Wildman–Crippen LogP) is 3.31. The van der Waals surface area contributed by atoms with Crippen molar-refractivity contribution in [3.63, 3.8) is 0 Å². The molecule has 0 aromatic carbocycles. The number of carbonyl (C=O) groups excluding carboxylic acids is 1. The van der Waals surface area contributed by atoms with Crippen LogP contribution in [0, 0.1) is 22.7 Å². The lowest BCUT2D eigenvalue weighted by atomic mass is 10.0. The number of halogens is 1. The zero-order valence-corrected chi connectivity index (χ0v) is 20.1. The van der Waals surface area contributed by atoms with Gasteiger partial charge in [-0.25, -0.2) is 8.91 Å². The van der Waals surface area contributed by atoms with Crippen LogP contribution in [0.5, 0.6) is 0 Å². The first kappa shape index (κ1) is 25.2. The number of nitriles is 2. The molecule has 37 heavy (non-hydrogen) atoms. The van der Waals surface area contributed by atoms with Gasteiger partial charge in [0.1, 0.15) is 12.2 Å². The van der Waals surface area contributed by atoms with Gasteiger partial charge in [-0.15, -0.1) is 0 Å². The molecule has 3 N–H and O–H groups in total. The topological polar surface area (TPSA) is 152 Å². The Morgan fingerprint density at radius 2 is 1.97 bits per heavy atom. The van der Waals surface area contributed by atoms with Gasteiger partial charge in [0, 0.05) is 6.20 Å². The number of aliphatic hydroxyl groups is 1. The van der Waals surface area contributed by atoms with Crippen LogP contribution in [-0.2, 0) is 6.42 Å². The molecule has 4 rings (SSSR count). The Morgan fingerprint density at radius 3 is 2.65 bits per heavy atom. The van der Waals surface area contributed by atoms with E-state index < -0.39 is 17.7 Å². The SMILES string of the molecule is CC(C)(O)[C@H](F)CNC(=O)c1cnc(-c2ccc3cc(C#N)cnn23)cc1Nc1ccc(CC#N)nc1. The van der Waals surface area contributed by atoms with Gasteiger partial charge >= 0.3 is 0 Å². The maximum absolute atomic E-state index is 14.2. The average Bonchev–Trinajstić information content (AvgIpc) is 3.31. The summed E-state index contributed by atoms with van der Waals surface area (Å²) in [5, 5.41) is 37.8. The van der Waals surface area contributed by atoms with E-state index in [4.69, 9.17) is 10.5 Å². The Kier molecular flexibility index (Phi) is 7.09. The summed E-state index contributed by atoms with van der Waals surface area (Å²) in [6.07, 6.45) is 2.85. The van der Waals surface area contributed by atoms with E-state index in [-0.39, 0.29) is 18.5 Å². The van der Waals surface area contributed by atoms with Crippen molar-refractivity contribution in [2.45, 2.75) is 32.0 Å². The number of carbonyl (C=O) groups is 1. The number of nitrogens with one attached hydrogen (secondary N) is 2. The fraction of sp³-hybridized carbons (Fsp3) is 0.231. The van der Waals surface area contributed by atoms with Crippen LogP contribution in [0.25, 0.3) is 16.9 Å². The highest BCUT2D eigenvalue weighted by molar-refractivity contribution is 6.00. The van der Waals surface area contributed by atoms with Crippen LogP contribution in [0.3, 0.4) is 0 Å². The summed E-state index contributed by atoms with van der Waals surface area (Å²) in [5.74, 6) is -0.584. The maximum atomic E-state index is 14.2. The van der Waals surface area contributed by atoms with Gasteiger partial charge in [-0.05, 0) is 50.2 Å². The highest BCUT2D eigenvalue weighted by atomic mass is 19.1. The van der Waals surface area contributed by atoms with Crippen molar-refractivity contribution in [2.24, 2.45) is 0 Å². The summed E-state index contributed by atoms with van der Waals surface area (Å²) in [4.78, 5) is 21.6. The molecular weight excluding hydrogens is 475 g/mol. The molecule has 0 aliphatic heterocycles. The van der Waals surface area contributed by atoms with Crippen LogP contribution >= 0.6 is 0 Å². The van der Waals surface area contributed by atoms with E-state index in [1.54, 1.807) is 40.9 Å². The summed E-state index contributed by atoms with van der Waals surface area (Å²) in [6.45, 7) is 2.26. The molecule has 0 radical (unpaired) electrons. The van der Waals surface area contributed by atoms with E-state index in [0.29, 0.717) is 39.5 Å². The molecule has 1 amide bonds. The first-order valence-corrected chi connectivity index (χ1v) is 11.3. The molecule has 0 saturated carbocycles. The number of anilines is 2. The van der Waals surface area contributed by atoms with Crippen molar-refractivity contribution in [1.29, 1.82) is 10.5 Å². The lowest BCUT2D eigenvalue weighted by Crippen LogP contribution is -2.42. The lowest BCUT2D eigenvalue weighted by Gasteiger charge is -2.22. The van der Waals surface area contributed by atoms with Gasteiger partial charge in [0.05, 0.1) is 82.1 Å². The predicted molar refractivity (Wildman–Crippen MR) is 134 cm³/mol. The number of aromatic nitrogens is 4. The molecule has 4 aromatic heterocycles. The molecule has 0 spiro atoms. The van der Waals surface area contributed by atoms with Gasteiger partial charge in [0.15, 0.2) is 0 Å². The largest absolute Gasteiger partial charge is 0.387 e. The minimum absolute atomic E-state index is 0.147. The van der Waals surface area contributed by atoms with Gasteiger partial charge in [-0.2, -0.15) is 15.6 Å². The molecule has 1 atom stereocenters. The van der Waals surface area contributed by atoms with Crippen molar-refractivity contribution in [3.05, 3.63) is 71.8 Å². The van der Waals surface area contributed by atoms with Crippen molar-refractivity contribution >= 4 is 22.8 Å². The number of pyridine rings is 2. The Hall–Kier alpha value is -4.87. The van der Waals surface area contributed by atoms with E-state index in [0.717, 1.165) is 0 Å². The molecule has 11 heteroatoms. The molecule has 0 unspecified atom stereocenters. The molecule has 0 saturated heterocycles. The Morgan fingerprint density at radius 1 is 1.16 bits per heavy atom. The van der Waals surface area contributed by atoms with Crippen LogP contribution in [0.1, 0.15) is 35.5 Å². The Bertz CT molecular complexity index is 1530. The third-order valence-electron chi connectivity index (χ3n) is 5.61. The number of hydrogen-bond donors (Lipinski definition) is 3. The second-order valence-electron chi connectivity index (χ2n) is 8.86. The van der Waals surface area contributed by atoms with Crippen LogP contribution in [0.15, 0.2) is 55.0 Å². The van der Waals surface area contributed by atoms with Gasteiger partial charge in [-0.3, -0.25) is 14.8 Å².